The third-order valence-electron chi connectivity index (χ3n) is 4.45. The number of halogens is 1. The summed E-state index contributed by atoms with van der Waals surface area (Å²) in [6.07, 6.45) is 6.79. The fourth-order valence-electron chi connectivity index (χ4n) is 2.83. The Morgan fingerprint density at radius 2 is 2.00 bits per heavy atom. The van der Waals surface area contributed by atoms with E-state index in [2.05, 4.69) is 15.6 Å². The van der Waals surface area contributed by atoms with Crippen LogP contribution in [0.5, 0.6) is 0 Å². The summed E-state index contributed by atoms with van der Waals surface area (Å²) in [5.41, 5.74) is 0.693. The second-order valence-corrected chi connectivity index (χ2v) is 7.10. The molecule has 0 spiro atoms. The van der Waals surface area contributed by atoms with Crippen LogP contribution in [0.3, 0.4) is 0 Å². The van der Waals surface area contributed by atoms with Gasteiger partial charge in [-0.15, -0.1) is 0 Å². The minimum absolute atomic E-state index is 0.108. The molecule has 0 saturated heterocycles. The molecule has 1 amide bonds. The monoisotopic (exact) mass is 323 g/mol. The number of carbonyl (C=O) groups is 1. The normalized spacial score (nSPS) is 28.2. The predicted molar refractivity (Wildman–Crippen MR) is 86.2 cm³/mol. The van der Waals surface area contributed by atoms with Crippen molar-refractivity contribution in [2.45, 2.75) is 63.1 Å². The van der Waals surface area contributed by atoms with E-state index in [9.17, 15) is 9.90 Å². The lowest BCUT2D eigenvalue weighted by molar-refractivity contribution is 0.0140. The van der Waals surface area contributed by atoms with Gasteiger partial charge in [0, 0.05) is 18.3 Å². The molecule has 1 aromatic heterocycles. The molecule has 5 nitrogen and oxygen atoms in total. The highest BCUT2D eigenvalue weighted by molar-refractivity contribution is 6.29. The van der Waals surface area contributed by atoms with Crippen molar-refractivity contribution in [2.24, 2.45) is 0 Å². The van der Waals surface area contributed by atoms with E-state index in [1.54, 1.807) is 6.07 Å². The summed E-state index contributed by atoms with van der Waals surface area (Å²) in [4.78, 5) is 16.5. The van der Waals surface area contributed by atoms with Crippen molar-refractivity contribution in [3.63, 3.8) is 0 Å². The molecule has 120 valence electrons. The molecule has 0 aromatic carbocycles. The van der Waals surface area contributed by atoms with E-state index in [0.29, 0.717) is 29.6 Å². The first-order chi connectivity index (χ1) is 10.4. The van der Waals surface area contributed by atoms with Crippen molar-refractivity contribution >= 4 is 23.2 Å². The number of nitrogens with one attached hydrogen (secondary N) is 2. The van der Waals surface area contributed by atoms with Gasteiger partial charge in [-0.25, -0.2) is 4.98 Å². The van der Waals surface area contributed by atoms with Gasteiger partial charge in [-0.1, -0.05) is 11.6 Å². The zero-order valence-electron chi connectivity index (χ0n) is 12.7. The Morgan fingerprint density at radius 3 is 2.64 bits per heavy atom. The van der Waals surface area contributed by atoms with Crippen LogP contribution in [0.25, 0.3) is 0 Å². The van der Waals surface area contributed by atoms with Crippen molar-refractivity contribution in [3.8, 4) is 0 Å². The van der Waals surface area contributed by atoms with Crippen molar-refractivity contribution in [2.75, 3.05) is 5.32 Å². The number of hydrogen-bond acceptors (Lipinski definition) is 4. The Kier molecular flexibility index (Phi) is 4.28. The number of pyridine rings is 1. The number of rotatable bonds is 4. The molecule has 0 unspecified atom stereocenters. The molecule has 3 N–H and O–H groups in total. The summed E-state index contributed by atoms with van der Waals surface area (Å²) in [6.45, 7) is 1.85. The highest BCUT2D eigenvalue weighted by atomic mass is 35.5. The van der Waals surface area contributed by atoms with Crippen LogP contribution >= 0.6 is 11.6 Å². The maximum Gasteiger partial charge on any atom is 0.255 e. The second-order valence-electron chi connectivity index (χ2n) is 6.72. The predicted octanol–water partition coefficient (Wildman–Crippen LogP) is 2.73. The van der Waals surface area contributed by atoms with Gasteiger partial charge in [0.25, 0.3) is 5.91 Å². The van der Waals surface area contributed by atoms with Crippen LogP contribution in [0, 0.1) is 0 Å². The van der Waals surface area contributed by atoms with E-state index in [1.165, 1.54) is 6.20 Å². The van der Waals surface area contributed by atoms with E-state index in [1.807, 2.05) is 6.92 Å². The molecule has 0 bridgehead atoms. The molecule has 2 aliphatic carbocycles. The van der Waals surface area contributed by atoms with E-state index in [-0.39, 0.29) is 11.9 Å². The molecule has 1 heterocycles. The molecule has 2 fully saturated rings. The van der Waals surface area contributed by atoms with Crippen LogP contribution in [0.4, 0.5) is 5.69 Å². The third-order valence-corrected chi connectivity index (χ3v) is 4.66. The molecule has 0 aliphatic heterocycles. The van der Waals surface area contributed by atoms with Gasteiger partial charge in [-0.2, -0.15) is 0 Å². The molecule has 0 radical (unpaired) electrons. The summed E-state index contributed by atoms with van der Waals surface area (Å²) < 4.78 is 0. The van der Waals surface area contributed by atoms with Crippen molar-refractivity contribution in [1.82, 2.24) is 10.3 Å². The van der Waals surface area contributed by atoms with Crippen molar-refractivity contribution < 1.29 is 9.90 Å². The lowest BCUT2D eigenvalue weighted by atomic mass is 9.83. The zero-order valence-corrected chi connectivity index (χ0v) is 13.5. The minimum Gasteiger partial charge on any atom is -0.390 e. The van der Waals surface area contributed by atoms with E-state index in [0.717, 1.165) is 31.4 Å². The van der Waals surface area contributed by atoms with Crippen LogP contribution < -0.4 is 10.6 Å². The van der Waals surface area contributed by atoms with Gasteiger partial charge < -0.3 is 15.7 Å². The van der Waals surface area contributed by atoms with Crippen LogP contribution in [0.15, 0.2) is 12.3 Å². The fraction of sp³-hybridized carbons (Fsp3) is 0.625. The summed E-state index contributed by atoms with van der Waals surface area (Å²) in [5, 5.41) is 16.7. The lowest BCUT2D eigenvalue weighted by Gasteiger charge is -2.33. The summed E-state index contributed by atoms with van der Waals surface area (Å²) in [5.74, 6) is -0.126. The molecule has 22 heavy (non-hydrogen) atoms. The van der Waals surface area contributed by atoms with Crippen LogP contribution in [0.2, 0.25) is 5.15 Å². The van der Waals surface area contributed by atoms with E-state index < -0.39 is 5.60 Å². The van der Waals surface area contributed by atoms with Gasteiger partial charge in [0.2, 0.25) is 0 Å². The molecular formula is C16H22ClN3O2. The van der Waals surface area contributed by atoms with E-state index in [4.69, 9.17) is 11.6 Å². The molecule has 1 aromatic rings. The maximum absolute atomic E-state index is 12.5. The van der Waals surface area contributed by atoms with Crippen LogP contribution in [-0.4, -0.2) is 33.7 Å². The highest BCUT2D eigenvalue weighted by Gasteiger charge is 2.30. The molecule has 2 aliphatic rings. The summed E-state index contributed by atoms with van der Waals surface area (Å²) >= 11 is 5.94. The largest absolute Gasteiger partial charge is 0.390 e. The Balaban J connectivity index is 1.66. The first-order valence-corrected chi connectivity index (χ1v) is 8.26. The summed E-state index contributed by atoms with van der Waals surface area (Å²) in [7, 11) is 0. The Bertz CT molecular complexity index is 563. The Morgan fingerprint density at radius 1 is 1.32 bits per heavy atom. The van der Waals surface area contributed by atoms with E-state index >= 15 is 0 Å². The Hall–Kier alpha value is -1.33. The van der Waals surface area contributed by atoms with Gasteiger partial charge >= 0.3 is 0 Å². The molecule has 2 saturated carbocycles. The standard InChI is InChI=1S/C16H22ClN3O2/c1-16(22)6-4-11(5-7-16)20-15(21)12-9-18-14(17)8-13(12)19-10-2-3-10/h8-11,22H,2-7H2,1H3,(H,18,19)(H,20,21). The minimum atomic E-state index is -0.595. The topological polar surface area (TPSA) is 74.2 Å². The quantitative estimate of drug-likeness (QED) is 0.745. The van der Waals surface area contributed by atoms with Gasteiger partial charge in [0.1, 0.15) is 5.15 Å². The average molecular weight is 324 g/mol. The summed E-state index contributed by atoms with van der Waals surface area (Å²) in [6, 6.07) is 2.26. The average Bonchev–Trinajstić information content (AvgIpc) is 3.25. The number of aromatic nitrogens is 1. The van der Waals surface area contributed by atoms with Gasteiger partial charge in [-0.3, -0.25) is 4.79 Å². The van der Waals surface area contributed by atoms with Crippen molar-refractivity contribution in [3.05, 3.63) is 23.0 Å². The van der Waals surface area contributed by atoms with Crippen molar-refractivity contribution in [1.29, 1.82) is 0 Å². The number of anilines is 1. The molecular weight excluding hydrogens is 302 g/mol. The number of amides is 1. The number of hydrogen-bond donors (Lipinski definition) is 3. The highest BCUT2D eigenvalue weighted by Crippen LogP contribution is 2.30. The Labute approximate surface area is 135 Å². The maximum atomic E-state index is 12.5. The first kappa shape index (κ1) is 15.6. The van der Waals surface area contributed by atoms with Gasteiger partial charge in [0.15, 0.2) is 0 Å². The third kappa shape index (κ3) is 3.90. The SMILES string of the molecule is CC1(O)CCC(NC(=O)c2cnc(Cl)cc2NC2CC2)CC1. The zero-order chi connectivity index (χ0) is 15.7. The number of aliphatic hydroxyl groups is 1. The smallest absolute Gasteiger partial charge is 0.255 e. The van der Waals surface area contributed by atoms with Gasteiger partial charge in [0.05, 0.1) is 16.9 Å². The molecule has 6 heteroatoms. The second kappa shape index (κ2) is 6.05. The number of carbonyl (C=O) groups excluding carboxylic acids is 1. The molecule has 0 atom stereocenters. The lowest BCUT2D eigenvalue weighted by Crippen LogP contribution is -2.42. The fourth-order valence-corrected chi connectivity index (χ4v) is 2.98. The van der Waals surface area contributed by atoms with Crippen LogP contribution in [0.1, 0.15) is 55.8 Å². The number of nitrogens with zero attached hydrogens (tertiary/aromatic N) is 1. The molecule has 3 rings (SSSR count). The first-order valence-electron chi connectivity index (χ1n) is 7.88. The van der Waals surface area contributed by atoms with Crippen LogP contribution in [-0.2, 0) is 0 Å². The van der Waals surface area contributed by atoms with Gasteiger partial charge in [-0.05, 0) is 51.5 Å².